The minimum absolute atomic E-state index is 0.0142. The zero-order valence-electron chi connectivity index (χ0n) is 15.2. The first-order valence-electron chi connectivity index (χ1n) is 8.67. The van der Waals surface area contributed by atoms with Gasteiger partial charge in [-0.05, 0) is 40.8 Å². The van der Waals surface area contributed by atoms with E-state index in [1.54, 1.807) is 24.4 Å². The summed E-state index contributed by atoms with van der Waals surface area (Å²) in [6.45, 7) is 0. The van der Waals surface area contributed by atoms with Gasteiger partial charge in [-0.2, -0.15) is 10.4 Å². The van der Waals surface area contributed by atoms with Crippen molar-refractivity contribution in [3.05, 3.63) is 84.4 Å². The molecule has 2 aromatic carbocycles. The maximum atomic E-state index is 11.1. The number of benzene rings is 2. The number of H-pyrrole nitrogens is 1. The van der Waals surface area contributed by atoms with E-state index in [9.17, 15) is 15.4 Å². The highest BCUT2D eigenvalue weighted by molar-refractivity contribution is 14.1. The summed E-state index contributed by atoms with van der Waals surface area (Å²) in [7, 11) is 0. The molecule has 30 heavy (non-hydrogen) atoms. The Kier molecular flexibility index (Phi) is 5.69. The molecule has 0 saturated heterocycles. The van der Waals surface area contributed by atoms with Crippen molar-refractivity contribution in [2.24, 2.45) is 0 Å². The number of nitro benzene ring substituents is 1. The van der Waals surface area contributed by atoms with Crippen LogP contribution in [0.25, 0.3) is 34.2 Å². The molecule has 0 bridgehead atoms. The molecule has 0 aliphatic heterocycles. The third-order valence-corrected chi connectivity index (χ3v) is 5.90. The molecule has 1 N–H and O–H groups in total. The zero-order valence-corrected chi connectivity index (χ0v) is 18.2. The number of nitriles is 1. The lowest BCUT2D eigenvalue weighted by molar-refractivity contribution is -0.384. The molecule has 0 fully saturated rings. The van der Waals surface area contributed by atoms with E-state index in [1.807, 2.05) is 29.6 Å². The second-order valence-electron chi connectivity index (χ2n) is 6.22. The summed E-state index contributed by atoms with van der Waals surface area (Å²) < 4.78 is 1.14. The number of nitrogens with zero attached hydrogens (tertiary/aromatic N) is 4. The number of rotatable bonds is 5. The maximum absolute atomic E-state index is 11.1. The molecule has 0 aliphatic rings. The molecule has 2 aromatic heterocycles. The van der Waals surface area contributed by atoms with E-state index < -0.39 is 4.92 Å². The van der Waals surface area contributed by atoms with Crippen molar-refractivity contribution in [1.29, 1.82) is 5.26 Å². The summed E-state index contributed by atoms with van der Waals surface area (Å²) in [6, 6.07) is 16.5. The average Bonchev–Trinajstić information content (AvgIpc) is 3.42. The molecule has 0 spiro atoms. The fourth-order valence-electron chi connectivity index (χ4n) is 2.86. The van der Waals surface area contributed by atoms with Crippen LogP contribution >= 0.6 is 33.9 Å². The van der Waals surface area contributed by atoms with Gasteiger partial charge in [0.1, 0.15) is 11.1 Å². The number of hydrogen-bond donors (Lipinski definition) is 1. The lowest BCUT2D eigenvalue weighted by Gasteiger charge is -2.01. The highest BCUT2D eigenvalue weighted by Crippen LogP contribution is 2.30. The van der Waals surface area contributed by atoms with Gasteiger partial charge >= 0.3 is 0 Å². The molecule has 0 aliphatic carbocycles. The van der Waals surface area contributed by atoms with Crippen molar-refractivity contribution >= 4 is 51.3 Å². The predicted molar refractivity (Wildman–Crippen MR) is 124 cm³/mol. The quantitative estimate of drug-likeness (QED) is 0.154. The van der Waals surface area contributed by atoms with Gasteiger partial charge in [0.2, 0.25) is 0 Å². The molecule has 0 unspecified atom stereocenters. The van der Waals surface area contributed by atoms with E-state index in [0.29, 0.717) is 27.4 Å². The Labute approximate surface area is 189 Å². The van der Waals surface area contributed by atoms with E-state index >= 15 is 0 Å². The molecular weight excluding hydrogens is 513 g/mol. The lowest BCUT2D eigenvalue weighted by atomic mass is 10.1. The Bertz CT molecular complexity index is 1300. The first-order valence-corrected chi connectivity index (χ1v) is 10.6. The summed E-state index contributed by atoms with van der Waals surface area (Å²) in [5, 5.41) is 30.2. The summed E-state index contributed by atoms with van der Waals surface area (Å²) in [4.78, 5) is 15.2. The Hall–Kier alpha value is -3.36. The van der Waals surface area contributed by atoms with E-state index in [1.165, 1.54) is 23.5 Å². The number of thiazole rings is 1. The number of aromatic nitrogens is 3. The van der Waals surface area contributed by atoms with Gasteiger partial charge in [0.25, 0.3) is 5.69 Å². The van der Waals surface area contributed by atoms with E-state index in [4.69, 9.17) is 0 Å². The predicted octanol–water partition coefficient (Wildman–Crippen LogP) is 5.78. The second-order valence-corrected chi connectivity index (χ2v) is 8.33. The third kappa shape index (κ3) is 4.14. The third-order valence-electron chi connectivity index (χ3n) is 4.31. The van der Waals surface area contributed by atoms with Crippen LogP contribution in [0.4, 0.5) is 5.69 Å². The SMILES string of the molecule is N#C/C(=C/c1cn[nH]c1-c1cccc([N+](=O)[O-])c1)c1nc(-c2ccc(I)cc2)cs1. The Morgan fingerprint density at radius 3 is 2.77 bits per heavy atom. The van der Waals surface area contributed by atoms with Crippen LogP contribution in [0, 0.1) is 25.0 Å². The van der Waals surface area contributed by atoms with Gasteiger partial charge in [-0.15, -0.1) is 11.3 Å². The van der Waals surface area contributed by atoms with E-state index in [0.717, 1.165) is 14.8 Å². The van der Waals surface area contributed by atoms with Crippen LogP contribution in [0.5, 0.6) is 0 Å². The van der Waals surface area contributed by atoms with E-state index in [2.05, 4.69) is 43.8 Å². The minimum Gasteiger partial charge on any atom is -0.277 e. The fourth-order valence-corrected chi connectivity index (χ4v) is 4.01. The molecule has 2 heterocycles. The minimum atomic E-state index is -0.447. The fraction of sp³-hybridized carbons (Fsp3) is 0. The van der Waals surface area contributed by atoms with Crippen LogP contribution in [0.2, 0.25) is 0 Å². The number of nitrogens with one attached hydrogen (secondary N) is 1. The normalized spacial score (nSPS) is 11.3. The first-order chi connectivity index (χ1) is 14.5. The van der Waals surface area contributed by atoms with Crippen molar-refractivity contribution in [2.75, 3.05) is 0 Å². The van der Waals surface area contributed by atoms with Gasteiger partial charge in [0, 0.05) is 37.8 Å². The van der Waals surface area contributed by atoms with Crippen molar-refractivity contribution < 1.29 is 4.92 Å². The number of allylic oxidation sites excluding steroid dienone is 1. The van der Waals surface area contributed by atoms with Gasteiger partial charge in [0.05, 0.1) is 28.1 Å². The molecule has 7 nitrogen and oxygen atoms in total. The van der Waals surface area contributed by atoms with Crippen LogP contribution in [-0.2, 0) is 0 Å². The van der Waals surface area contributed by atoms with Crippen molar-refractivity contribution in [2.45, 2.75) is 0 Å². The smallest absolute Gasteiger partial charge is 0.270 e. The van der Waals surface area contributed by atoms with Crippen molar-refractivity contribution in [3.8, 4) is 28.6 Å². The summed E-state index contributed by atoms with van der Waals surface area (Å²) in [6.07, 6.45) is 3.27. The van der Waals surface area contributed by atoms with Crippen molar-refractivity contribution in [1.82, 2.24) is 15.2 Å². The van der Waals surface area contributed by atoms with Gasteiger partial charge in [-0.25, -0.2) is 4.98 Å². The highest BCUT2D eigenvalue weighted by Gasteiger charge is 2.14. The summed E-state index contributed by atoms with van der Waals surface area (Å²) in [5.41, 5.74) is 4.03. The standard InChI is InChI=1S/C21H12IN5O2S/c22-17-6-4-13(5-7-17)19-12-30-21(25-19)15(10-23)8-16-11-24-26-20(16)14-2-1-3-18(9-14)27(28)29/h1-9,11-12H,(H,24,26)/b15-8-. The molecule has 0 amide bonds. The summed E-state index contributed by atoms with van der Waals surface area (Å²) >= 11 is 3.63. The van der Waals surface area contributed by atoms with E-state index in [-0.39, 0.29) is 5.69 Å². The van der Waals surface area contributed by atoms with Crippen molar-refractivity contribution in [3.63, 3.8) is 0 Å². The largest absolute Gasteiger partial charge is 0.277 e. The van der Waals surface area contributed by atoms with Gasteiger partial charge in [-0.1, -0.05) is 24.3 Å². The maximum Gasteiger partial charge on any atom is 0.270 e. The first kappa shape index (κ1) is 19.9. The molecule has 9 heteroatoms. The van der Waals surface area contributed by atoms with Gasteiger partial charge in [-0.3, -0.25) is 15.2 Å². The summed E-state index contributed by atoms with van der Waals surface area (Å²) in [5.74, 6) is 0. The topological polar surface area (TPSA) is 108 Å². The number of halogens is 1. The molecule has 146 valence electrons. The highest BCUT2D eigenvalue weighted by atomic mass is 127. The molecule has 4 aromatic rings. The second kappa shape index (κ2) is 8.56. The van der Waals surface area contributed by atoms with Gasteiger partial charge < -0.3 is 0 Å². The van der Waals surface area contributed by atoms with Gasteiger partial charge in [0.15, 0.2) is 0 Å². The van der Waals surface area contributed by atoms with Crippen LogP contribution in [0.3, 0.4) is 0 Å². The molecule has 0 atom stereocenters. The van der Waals surface area contributed by atoms with Crippen LogP contribution in [0.1, 0.15) is 10.6 Å². The zero-order chi connectivity index (χ0) is 21.1. The number of aromatic amines is 1. The molecular formula is C21H12IN5O2S. The molecule has 0 radical (unpaired) electrons. The van der Waals surface area contributed by atoms with Crippen LogP contribution < -0.4 is 0 Å². The Morgan fingerprint density at radius 2 is 2.03 bits per heavy atom. The Morgan fingerprint density at radius 1 is 1.23 bits per heavy atom. The van der Waals surface area contributed by atoms with Crippen LogP contribution in [0.15, 0.2) is 60.1 Å². The number of non-ortho nitro benzene ring substituents is 1. The number of hydrogen-bond acceptors (Lipinski definition) is 6. The lowest BCUT2D eigenvalue weighted by Crippen LogP contribution is -1.89. The monoisotopic (exact) mass is 525 g/mol. The van der Waals surface area contributed by atoms with Crippen LogP contribution in [-0.4, -0.2) is 20.1 Å². The molecule has 4 rings (SSSR count). The molecule has 0 saturated carbocycles. The average molecular weight is 525 g/mol. The number of nitro groups is 1. The Balaban J connectivity index is 1.69.